The zero-order valence-corrected chi connectivity index (χ0v) is 15.5. The van der Waals surface area contributed by atoms with Crippen molar-refractivity contribution in [1.82, 2.24) is 0 Å². The van der Waals surface area contributed by atoms with Crippen molar-refractivity contribution in [3.05, 3.63) is 45.8 Å². The van der Waals surface area contributed by atoms with Gasteiger partial charge in [-0.1, -0.05) is 23.7 Å². The second-order valence-electron chi connectivity index (χ2n) is 5.33. The predicted octanol–water partition coefficient (Wildman–Crippen LogP) is 4.15. The lowest BCUT2D eigenvalue weighted by Crippen LogP contribution is -2.06. The largest absolute Gasteiger partial charge is 0.492 e. The number of halogens is 1. The minimum atomic E-state index is -0.521. The van der Waals surface area contributed by atoms with E-state index in [0.29, 0.717) is 33.0 Å². The minimum absolute atomic E-state index is 0.213. The number of ether oxygens (including phenoxy) is 4. The molecule has 0 unspecified atom stereocenters. The molecule has 0 aliphatic heterocycles. The zero-order chi connectivity index (χ0) is 18.8. The second kappa shape index (κ2) is 7.17. The molecule has 0 fully saturated rings. The fourth-order valence-corrected chi connectivity index (χ4v) is 2.96. The van der Waals surface area contributed by atoms with E-state index in [9.17, 15) is 4.79 Å². The molecule has 0 N–H and O–H groups in total. The topological polar surface area (TPSA) is 67.1 Å². The van der Waals surface area contributed by atoms with Crippen molar-refractivity contribution in [3.8, 4) is 34.1 Å². The Labute approximate surface area is 154 Å². The average molecular weight is 377 g/mol. The van der Waals surface area contributed by atoms with E-state index in [2.05, 4.69) is 0 Å². The standard InChI is InChI=1S/C19H17ClO6/c1-22-14-13-9-12(10-5-7-11(20)8-6-10)19(21)26-15(13)17(24-3)18(25-4)16(14)23-2/h5-9H,1-4H3. The van der Waals surface area contributed by atoms with Crippen LogP contribution < -0.4 is 24.6 Å². The normalized spacial score (nSPS) is 10.7. The fraction of sp³-hybridized carbons (Fsp3) is 0.211. The van der Waals surface area contributed by atoms with Gasteiger partial charge in [0.15, 0.2) is 11.3 Å². The summed E-state index contributed by atoms with van der Waals surface area (Å²) in [6, 6.07) is 8.56. The first-order valence-electron chi connectivity index (χ1n) is 7.65. The predicted molar refractivity (Wildman–Crippen MR) is 99.1 cm³/mol. The average Bonchev–Trinajstić information content (AvgIpc) is 2.66. The lowest BCUT2D eigenvalue weighted by atomic mass is 10.0. The van der Waals surface area contributed by atoms with E-state index in [4.69, 9.17) is 35.0 Å². The van der Waals surface area contributed by atoms with Gasteiger partial charge in [0.25, 0.3) is 0 Å². The number of hydrogen-bond acceptors (Lipinski definition) is 6. The molecule has 0 spiro atoms. The van der Waals surface area contributed by atoms with Crippen molar-refractivity contribution >= 4 is 22.6 Å². The molecule has 1 aromatic heterocycles. The second-order valence-corrected chi connectivity index (χ2v) is 5.77. The van der Waals surface area contributed by atoms with Gasteiger partial charge in [-0.15, -0.1) is 0 Å². The Balaban J connectivity index is 2.42. The van der Waals surface area contributed by atoms with Gasteiger partial charge in [0.1, 0.15) is 0 Å². The molecule has 3 rings (SSSR count). The van der Waals surface area contributed by atoms with E-state index < -0.39 is 5.63 Å². The van der Waals surface area contributed by atoms with Crippen molar-refractivity contribution in [2.24, 2.45) is 0 Å². The summed E-state index contributed by atoms with van der Waals surface area (Å²) in [6.45, 7) is 0. The molecule has 1 heterocycles. The van der Waals surface area contributed by atoms with Gasteiger partial charge < -0.3 is 23.4 Å². The number of rotatable bonds is 5. The van der Waals surface area contributed by atoms with Crippen molar-refractivity contribution < 1.29 is 23.4 Å². The first-order chi connectivity index (χ1) is 12.5. The first-order valence-corrected chi connectivity index (χ1v) is 8.03. The third-order valence-corrected chi connectivity index (χ3v) is 4.24. The van der Waals surface area contributed by atoms with Crippen LogP contribution in [0.3, 0.4) is 0 Å². The van der Waals surface area contributed by atoms with E-state index in [1.54, 1.807) is 30.3 Å². The molecule has 26 heavy (non-hydrogen) atoms. The maximum atomic E-state index is 12.6. The summed E-state index contributed by atoms with van der Waals surface area (Å²) in [5, 5.41) is 1.09. The van der Waals surface area contributed by atoms with Crippen LogP contribution in [0.1, 0.15) is 0 Å². The van der Waals surface area contributed by atoms with Gasteiger partial charge in [-0.05, 0) is 23.8 Å². The molecule has 136 valence electrons. The number of hydrogen-bond donors (Lipinski definition) is 0. The highest BCUT2D eigenvalue weighted by Gasteiger charge is 2.26. The van der Waals surface area contributed by atoms with E-state index in [0.717, 1.165) is 0 Å². The molecule has 6 nitrogen and oxygen atoms in total. The summed E-state index contributed by atoms with van der Waals surface area (Å²) < 4.78 is 27.3. The van der Waals surface area contributed by atoms with Crippen LogP contribution in [0.25, 0.3) is 22.1 Å². The molecule has 7 heteroatoms. The Morgan fingerprint density at radius 2 is 1.35 bits per heavy atom. The Morgan fingerprint density at radius 3 is 1.88 bits per heavy atom. The molecule has 0 aliphatic rings. The maximum absolute atomic E-state index is 12.6. The van der Waals surface area contributed by atoms with E-state index >= 15 is 0 Å². The van der Waals surface area contributed by atoms with Gasteiger partial charge in [0.05, 0.1) is 39.4 Å². The van der Waals surface area contributed by atoms with Crippen LogP contribution in [-0.4, -0.2) is 28.4 Å². The molecule has 0 saturated carbocycles. The summed E-state index contributed by atoms with van der Waals surface area (Å²) in [6.07, 6.45) is 0. The molecule has 3 aromatic rings. The number of fused-ring (bicyclic) bond motifs is 1. The van der Waals surface area contributed by atoms with E-state index in [1.165, 1.54) is 28.4 Å². The van der Waals surface area contributed by atoms with Gasteiger partial charge in [-0.3, -0.25) is 0 Å². The van der Waals surface area contributed by atoms with Gasteiger partial charge >= 0.3 is 5.63 Å². The van der Waals surface area contributed by atoms with Crippen LogP contribution in [-0.2, 0) is 0 Å². The lowest BCUT2D eigenvalue weighted by Gasteiger charge is -2.17. The summed E-state index contributed by atoms with van der Waals surface area (Å²) in [4.78, 5) is 12.6. The van der Waals surface area contributed by atoms with Crippen molar-refractivity contribution in [1.29, 1.82) is 0 Å². The van der Waals surface area contributed by atoms with Crippen LogP contribution >= 0.6 is 11.6 Å². The smallest absolute Gasteiger partial charge is 0.344 e. The van der Waals surface area contributed by atoms with Crippen LogP contribution in [0.4, 0.5) is 0 Å². The molecule has 0 amide bonds. The highest BCUT2D eigenvalue weighted by molar-refractivity contribution is 6.30. The first kappa shape index (κ1) is 17.9. The van der Waals surface area contributed by atoms with Crippen LogP contribution in [0.5, 0.6) is 23.0 Å². The Kier molecular flexibility index (Phi) is 4.95. The minimum Gasteiger partial charge on any atom is -0.492 e. The SMILES string of the molecule is COc1c(OC)c(OC)c2oc(=O)c(-c3ccc(Cl)cc3)cc2c1OC. The molecular weight excluding hydrogens is 360 g/mol. The molecule has 2 aromatic carbocycles. The Hall–Kier alpha value is -2.86. The van der Waals surface area contributed by atoms with Crippen molar-refractivity contribution in [3.63, 3.8) is 0 Å². The molecule has 0 atom stereocenters. The third-order valence-electron chi connectivity index (χ3n) is 3.99. The van der Waals surface area contributed by atoms with Crippen LogP contribution in [0, 0.1) is 0 Å². The zero-order valence-electron chi connectivity index (χ0n) is 14.7. The molecule has 0 saturated heterocycles. The quantitative estimate of drug-likeness (QED) is 0.623. The Bertz CT molecular complexity index is 1010. The van der Waals surface area contributed by atoms with Crippen molar-refractivity contribution in [2.45, 2.75) is 0 Å². The molecule has 0 aliphatic carbocycles. The fourth-order valence-electron chi connectivity index (χ4n) is 2.83. The van der Waals surface area contributed by atoms with Gasteiger partial charge in [-0.25, -0.2) is 4.79 Å². The maximum Gasteiger partial charge on any atom is 0.344 e. The monoisotopic (exact) mass is 376 g/mol. The number of methoxy groups -OCH3 is 4. The van der Waals surface area contributed by atoms with E-state index in [-0.39, 0.29) is 17.1 Å². The molecular formula is C19H17ClO6. The summed E-state index contributed by atoms with van der Waals surface area (Å²) in [7, 11) is 5.91. The summed E-state index contributed by atoms with van der Waals surface area (Å²) in [5.41, 5.74) is 0.722. The molecule has 0 bridgehead atoms. The van der Waals surface area contributed by atoms with Gasteiger partial charge in [0, 0.05) is 5.02 Å². The van der Waals surface area contributed by atoms with Crippen LogP contribution in [0.15, 0.2) is 39.5 Å². The summed E-state index contributed by atoms with van der Waals surface area (Å²) >= 11 is 5.93. The third kappa shape index (κ3) is 2.82. The highest BCUT2D eigenvalue weighted by atomic mass is 35.5. The lowest BCUT2D eigenvalue weighted by molar-refractivity contribution is 0.306. The van der Waals surface area contributed by atoms with Crippen LogP contribution in [0.2, 0.25) is 5.02 Å². The summed E-state index contributed by atoms with van der Waals surface area (Å²) in [5.74, 6) is 1.25. The van der Waals surface area contributed by atoms with Crippen molar-refractivity contribution in [2.75, 3.05) is 28.4 Å². The van der Waals surface area contributed by atoms with E-state index in [1.807, 2.05) is 0 Å². The highest BCUT2D eigenvalue weighted by Crippen LogP contribution is 2.50. The Morgan fingerprint density at radius 1 is 0.808 bits per heavy atom. The molecule has 0 radical (unpaired) electrons. The van der Waals surface area contributed by atoms with Gasteiger partial charge in [-0.2, -0.15) is 0 Å². The number of benzene rings is 2. The van der Waals surface area contributed by atoms with Gasteiger partial charge in [0.2, 0.25) is 17.2 Å².